The summed E-state index contributed by atoms with van der Waals surface area (Å²) >= 11 is 0. The van der Waals surface area contributed by atoms with Crippen LogP contribution in [0, 0.1) is 0 Å². The number of hydrogen-bond acceptors (Lipinski definition) is 1. The first-order valence-electron chi connectivity index (χ1n) is 8.69. The Morgan fingerprint density at radius 3 is 1.52 bits per heavy atom. The minimum atomic E-state index is -0.939. The molecule has 3 aromatic carbocycles. The molecular weight excluding hydrogens is 304 g/mol. The molecule has 0 spiro atoms. The highest BCUT2D eigenvalue weighted by Gasteiger charge is 2.36. The summed E-state index contributed by atoms with van der Waals surface area (Å²) in [5, 5.41) is 11.8. The third-order valence-corrected chi connectivity index (χ3v) is 4.68. The van der Waals surface area contributed by atoms with Crippen molar-refractivity contribution in [2.45, 2.75) is 24.4 Å². The van der Waals surface area contributed by atoms with Crippen LogP contribution in [-0.4, -0.2) is 10.7 Å². The van der Waals surface area contributed by atoms with E-state index in [9.17, 15) is 5.11 Å². The average molecular weight is 328 g/mol. The number of aliphatic hydroxyl groups is 1. The monoisotopic (exact) mass is 328 g/mol. The van der Waals surface area contributed by atoms with Gasteiger partial charge in [-0.05, 0) is 16.7 Å². The second-order valence-electron chi connectivity index (χ2n) is 6.55. The molecule has 1 heteroatoms. The Labute approximate surface area is 150 Å². The smallest absolute Gasteiger partial charge is 0.0830 e. The van der Waals surface area contributed by atoms with Gasteiger partial charge in [-0.3, -0.25) is 0 Å². The molecule has 3 aromatic rings. The van der Waals surface area contributed by atoms with Crippen molar-refractivity contribution in [2.24, 2.45) is 0 Å². The lowest BCUT2D eigenvalue weighted by atomic mass is 9.74. The van der Waals surface area contributed by atoms with Crippen LogP contribution in [0.3, 0.4) is 0 Å². The van der Waals surface area contributed by atoms with Crippen LogP contribution in [0.4, 0.5) is 0 Å². The predicted octanol–water partition coefficient (Wildman–Crippen LogP) is 5.17. The number of hydrogen-bond donors (Lipinski definition) is 1. The van der Waals surface area contributed by atoms with Gasteiger partial charge < -0.3 is 5.11 Å². The molecule has 0 amide bonds. The molecule has 1 nitrogen and oxygen atoms in total. The zero-order valence-corrected chi connectivity index (χ0v) is 14.4. The fraction of sp³-hybridized carbons (Fsp3) is 0.167. The molecule has 0 aromatic heterocycles. The van der Waals surface area contributed by atoms with Gasteiger partial charge in [0.15, 0.2) is 0 Å². The molecule has 0 bridgehead atoms. The molecule has 0 heterocycles. The maximum atomic E-state index is 11.8. The van der Waals surface area contributed by atoms with E-state index in [4.69, 9.17) is 0 Å². The Kier molecular flexibility index (Phi) is 5.47. The minimum Gasteiger partial charge on any atom is -0.388 e. The topological polar surface area (TPSA) is 20.2 Å². The van der Waals surface area contributed by atoms with E-state index in [1.807, 2.05) is 60.7 Å². The van der Waals surface area contributed by atoms with Crippen molar-refractivity contribution in [1.29, 1.82) is 0 Å². The lowest BCUT2D eigenvalue weighted by Gasteiger charge is -2.35. The molecule has 1 N–H and O–H groups in total. The van der Waals surface area contributed by atoms with E-state index in [0.717, 1.165) is 16.7 Å². The Morgan fingerprint density at radius 2 is 1.12 bits per heavy atom. The van der Waals surface area contributed by atoms with Crippen molar-refractivity contribution in [1.82, 2.24) is 0 Å². The van der Waals surface area contributed by atoms with Crippen LogP contribution in [0.2, 0.25) is 0 Å². The number of benzene rings is 3. The fourth-order valence-electron chi connectivity index (χ4n) is 3.51. The van der Waals surface area contributed by atoms with E-state index in [1.54, 1.807) is 0 Å². The predicted molar refractivity (Wildman–Crippen MR) is 105 cm³/mol. The molecule has 0 saturated heterocycles. The Bertz CT molecular complexity index is 737. The van der Waals surface area contributed by atoms with Crippen molar-refractivity contribution in [3.05, 3.63) is 120 Å². The summed E-state index contributed by atoms with van der Waals surface area (Å²) < 4.78 is 0. The van der Waals surface area contributed by atoms with Gasteiger partial charge in [0, 0.05) is 18.8 Å². The van der Waals surface area contributed by atoms with Gasteiger partial charge in [-0.2, -0.15) is 0 Å². The standard InChI is InChI=1S/C24H24O/c1-2-23(22-16-10-5-11-17-22)24(25,18-20-12-6-3-7-13-20)19-21-14-8-4-9-15-21/h2-17,23,25H,1,18-19H2. The van der Waals surface area contributed by atoms with Gasteiger partial charge in [-0.25, -0.2) is 0 Å². The molecule has 1 atom stereocenters. The van der Waals surface area contributed by atoms with Gasteiger partial charge in [0.25, 0.3) is 0 Å². The third-order valence-electron chi connectivity index (χ3n) is 4.68. The van der Waals surface area contributed by atoms with E-state index < -0.39 is 5.60 Å². The molecule has 3 rings (SSSR count). The first kappa shape index (κ1) is 17.2. The van der Waals surface area contributed by atoms with Gasteiger partial charge in [-0.1, -0.05) is 97.1 Å². The lowest BCUT2D eigenvalue weighted by Crippen LogP contribution is -2.40. The van der Waals surface area contributed by atoms with Gasteiger partial charge in [0.1, 0.15) is 0 Å². The first-order valence-corrected chi connectivity index (χ1v) is 8.69. The summed E-state index contributed by atoms with van der Waals surface area (Å²) in [6.07, 6.45) is 3.03. The molecule has 0 radical (unpaired) electrons. The van der Waals surface area contributed by atoms with Crippen LogP contribution in [0.15, 0.2) is 104 Å². The maximum Gasteiger partial charge on any atom is 0.0830 e. The van der Waals surface area contributed by atoms with Crippen LogP contribution in [0.25, 0.3) is 0 Å². The third kappa shape index (κ3) is 4.26. The lowest BCUT2D eigenvalue weighted by molar-refractivity contribution is 0.0262. The molecule has 126 valence electrons. The normalized spacial score (nSPS) is 12.5. The van der Waals surface area contributed by atoms with Crippen LogP contribution < -0.4 is 0 Å². The zero-order chi connectivity index (χ0) is 17.5. The van der Waals surface area contributed by atoms with Crippen molar-refractivity contribution >= 4 is 0 Å². The van der Waals surface area contributed by atoms with Crippen LogP contribution >= 0.6 is 0 Å². The Balaban J connectivity index is 1.99. The van der Waals surface area contributed by atoms with Gasteiger partial charge in [0.2, 0.25) is 0 Å². The molecular formula is C24H24O. The van der Waals surface area contributed by atoms with Crippen LogP contribution in [0.1, 0.15) is 22.6 Å². The number of rotatable bonds is 7. The van der Waals surface area contributed by atoms with Crippen LogP contribution in [0.5, 0.6) is 0 Å². The molecule has 25 heavy (non-hydrogen) atoms. The van der Waals surface area contributed by atoms with E-state index in [0.29, 0.717) is 12.8 Å². The highest BCUT2D eigenvalue weighted by molar-refractivity contribution is 5.32. The summed E-state index contributed by atoms with van der Waals surface area (Å²) in [5.41, 5.74) is 2.41. The summed E-state index contributed by atoms with van der Waals surface area (Å²) in [6, 6.07) is 30.5. The van der Waals surface area contributed by atoms with E-state index in [2.05, 4.69) is 43.0 Å². The zero-order valence-electron chi connectivity index (χ0n) is 14.4. The van der Waals surface area contributed by atoms with Crippen molar-refractivity contribution in [3.8, 4) is 0 Å². The van der Waals surface area contributed by atoms with E-state index >= 15 is 0 Å². The van der Waals surface area contributed by atoms with E-state index in [1.165, 1.54) is 0 Å². The summed E-state index contributed by atoms with van der Waals surface area (Å²) in [7, 11) is 0. The van der Waals surface area contributed by atoms with Crippen LogP contribution in [-0.2, 0) is 12.8 Å². The maximum absolute atomic E-state index is 11.8. The first-order chi connectivity index (χ1) is 12.2. The van der Waals surface area contributed by atoms with Crippen molar-refractivity contribution in [3.63, 3.8) is 0 Å². The molecule has 0 saturated carbocycles. The highest BCUT2D eigenvalue weighted by Crippen LogP contribution is 2.35. The van der Waals surface area contributed by atoms with Gasteiger partial charge >= 0.3 is 0 Å². The molecule has 0 aliphatic heterocycles. The summed E-state index contributed by atoms with van der Waals surface area (Å²) in [5.74, 6) is -0.144. The average Bonchev–Trinajstić information content (AvgIpc) is 2.64. The second kappa shape index (κ2) is 7.96. The Morgan fingerprint density at radius 1 is 0.720 bits per heavy atom. The van der Waals surface area contributed by atoms with Crippen molar-refractivity contribution < 1.29 is 5.11 Å². The second-order valence-corrected chi connectivity index (χ2v) is 6.55. The molecule has 1 unspecified atom stereocenters. The summed E-state index contributed by atoms with van der Waals surface area (Å²) in [6.45, 7) is 4.03. The fourth-order valence-corrected chi connectivity index (χ4v) is 3.51. The van der Waals surface area contributed by atoms with Gasteiger partial charge in [0.05, 0.1) is 5.60 Å². The molecule has 0 aliphatic carbocycles. The molecule has 0 fully saturated rings. The SMILES string of the molecule is C=CC(c1ccccc1)C(O)(Cc1ccccc1)Cc1ccccc1. The largest absolute Gasteiger partial charge is 0.388 e. The Hall–Kier alpha value is -2.64. The summed E-state index contributed by atoms with van der Waals surface area (Å²) in [4.78, 5) is 0. The minimum absolute atomic E-state index is 0.144. The highest BCUT2D eigenvalue weighted by atomic mass is 16.3. The van der Waals surface area contributed by atoms with Gasteiger partial charge in [-0.15, -0.1) is 6.58 Å². The van der Waals surface area contributed by atoms with E-state index in [-0.39, 0.29) is 5.92 Å². The quantitative estimate of drug-likeness (QED) is 0.593. The molecule has 0 aliphatic rings. The van der Waals surface area contributed by atoms with Crippen molar-refractivity contribution in [2.75, 3.05) is 0 Å².